The number of hydrogen-bond donors (Lipinski definition) is 0. The predicted octanol–water partition coefficient (Wildman–Crippen LogP) is 14.3. The van der Waals surface area contributed by atoms with E-state index in [9.17, 15) is 62.3 Å². The van der Waals surface area contributed by atoms with Crippen LogP contribution in [0, 0.1) is 0 Å². The van der Waals surface area contributed by atoms with Gasteiger partial charge in [-0.1, -0.05) is 99.1 Å². The van der Waals surface area contributed by atoms with Crippen molar-refractivity contribution in [1.29, 1.82) is 0 Å². The van der Waals surface area contributed by atoms with Gasteiger partial charge in [0.15, 0.2) is 17.2 Å². The van der Waals surface area contributed by atoms with E-state index >= 15 is 0 Å². The average Bonchev–Trinajstić information content (AvgIpc) is 3.93. The third-order valence-electron chi connectivity index (χ3n) is 11.1. The highest BCUT2D eigenvalue weighted by atomic mass is 127. The third kappa shape index (κ3) is 12.8. The molecular weight excluding hydrogens is 1190 g/mol. The summed E-state index contributed by atoms with van der Waals surface area (Å²) in [6.07, 6.45) is -18.8. The molecule has 2 aromatic heterocycles. The zero-order valence-electron chi connectivity index (χ0n) is 36.0. The fraction of sp³-hybridized carbons (Fsp3) is 0.463. The lowest BCUT2D eigenvalue weighted by Crippen LogP contribution is -2.45. The Morgan fingerprint density at radius 1 is 0.667 bits per heavy atom. The number of alkyl halides is 13. The molecular formula is C41H36Cl6F12IN7O2. The van der Waals surface area contributed by atoms with Crippen LogP contribution in [0.2, 0.25) is 30.1 Å². The Morgan fingerprint density at radius 2 is 1.04 bits per heavy atom. The van der Waals surface area contributed by atoms with Crippen LogP contribution in [-0.2, 0) is 34.5 Å². The van der Waals surface area contributed by atoms with E-state index in [4.69, 9.17) is 69.6 Å². The Hall–Kier alpha value is -3.03. The summed E-state index contributed by atoms with van der Waals surface area (Å²) in [5.74, 6) is -2.36. The minimum absolute atomic E-state index is 0.108. The first-order valence-electron chi connectivity index (χ1n) is 19.7. The molecule has 0 radical (unpaired) electrons. The van der Waals surface area contributed by atoms with Gasteiger partial charge in [-0.05, 0) is 59.6 Å². The number of rotatable bonds is 9. The zero-order chi connectivity index (χ0) is 52.4. The molecule has 2 aliphatic rings. The van der Waals surface area contributed by atoms with Gasteiger partial charge in [-0.25, -0.2) is 19.9 Å². The molecule has 380 valence electrons. The number of aromatic nitrogens is 4. The fourth-order valence-electron chi connectivity index (χ4n) is 7.47. The molecule has 6 rings (SSSR count). The summed E-state index contributed by atoms with van der Waals surface area (Å²) in [4.78, 5) is 43.2. The third-order valence-corrected chi connectivity index (χ3v) is 13.5. The molecule has 0 spiro atoms. The second kappa shape index (κ2) is 22.4. The van der Waals surface area contributed by atoms with Crippen molar-refractivity contribution in [2.75, 3.05) is 48.0 Å². The number of carbonyl (C=O) groups is 2. The number of ketones is 1. The van der Waals surface area contributed by atoms with Gasteiger partial charge in [0.1, 0.15) is 10.8 Å². The number of amides is 1. The van der Waals surface area contributed by atoms with Crippen LogP contribution in [0.15, 0.2) is 36.7 Å². The van der Waals surface area contributed by atoms with Gasteiger partial charge in [-0.15, -0.1) is 0 Å². The molecule has 69 heavy (non-hydrogen) atoms. The van der Waals surface area contributed by atoms with E-state index in [1.807, 2.05) is 4.93 Å². The highest BCUT2D eigenvalue weighted by Gasteiger charge is 2.61. The summed E-state index contributed by atoms with van der Waals surface area (Å²) in [5, 5.41) is -0.948. The number of halogens is 19. The van der Waals surface area contributed by atoms with Gasteiger partial charge in [0.2, 0.25) is 17.8 Å². The van der Waals surface area contributed by atoms with Crippen LogP contribution in [0.3, 0.4) is 0 Å². The Labute approximate surface area is 430 Å². The van der Waals surface area contributed by atoms with Crippen molar-refractivity contribution >= 4 is 116 Å². The molecule has 28 heteroatoms. The minimum atomic E-state index is -4.99. The summed E-state index contributed by atoms with van der Waals surface area (Å²) in [7, 11) is 1.30. The van der Waals surface area contributed by atoms with Crippen LogP contribution in [0.25, 0.3) is 0 Å². The van der Waals surface area contributed by atoms with E-state index in [0.29, 0.717) is 12.6 Å². The summed E-state index contributed by atoms with van der Waals surface area (Å²) in [6.45, 7) is 0.283. The summed E-state index contributed by atoms with van der Waals surface area (Å²) >= 11 is 37.6. The molecule has 1 amide bonds. The van der Waals surface area contributed by atoms with Crippen molar-refractivity contribution in [3.63, 3.8) is 0 Å². The van der Waals surface area contributed by atoms with Gasteiger partial charge >= 0.3 is 24.7 Å². The molecule has 4 aromatic rings. The highest BCUT2D eigenvalue weighted by Crippen LogP contribution is 2.52. The first-order valence-corrected chi connectivity index (χ1v) is 24.1. The summed E-state index contributed by atoms with van der Waals surface area (Å²) in [5.41, 5.74) is -9.43. The normalized spacial score (nSPS) is 18.7. The van der Waals surface area contributed by atoms with Crippen molar-refractivity contribution in [2.45, 2.75) is 81.6 Å². The Balaban J connectivity index is 0.000000290. The van der Waals surface area contributed by atoms with Crippen molar-refractivity contribution in [3.8, 4) is 0 Å². The first kappa shape index (κ1) is 58.5. The maximum atomic E-state index is 14.3. The molecule has 2 fully saturated rings. The van der Waals surface area contributed by atoms with E-state index in [0.717, 1.165) is 45.2 Å². The number of benzene rings is 2. The van der Waals surface area contributed by atoms with Crippen LogP contribution >= 0.6 is 92.2 Å². The van der Waals surface area contributed by atoms with Gasteiger partial charge in [-0.3, -0.25) is 9.59 Å². The maximum absolute atomic E-state index is 14.3. The highest BCUT2D eigenvalue weighted by molar-refractivity contribution is 14.1. The molecule has 0 aliphatic carbocycles. The summed E-state index contributed by atoms with van der Waals surface area (Å²) < 4.78 is 167. The number of anilines is 2. The van der Waals surface area contributed by atoms with Gasteiger partial charge in [0.25, 0.3) is 0 Å². The molecule has 2 aliphatic heterocycles. The largest absolute Gasteiger partial charge is 0.434 e. The van der Waals surface area contributed by atoms with Gasteiger partial charge in [0.05, 0.1) is 35.7 Å². The first-order chi connectivity index (χ1) is 31.8. The number of Topliss-reactive ketones (excluding diaryl/α,β-unsaturated/α-hetero) is 1. The molecule has 2 saturated heterocycles. The Morgan fingerprint density at radius 3 is 1.39 bits per heavy atom. The SMILES string of the molecule is CC(=O)N(C)Cc1cnc(N2CCC(c3cc(Cl)c(Cl)c(Cl)c3)(C(F)(F)F)C2)nc1C(F)(F)F.CCCC(=O)c1cnc(N2CCC(c3cc(Cl)c(Cl)c(Cl)c3)(C(F)(F)F)C2)nc1C(F)(F)F.CI. The van der Waals surface area contributed by atoms with Gasteiger partial charge in [-0.2, -0.15) is 52.7 Å². The van der Waals surface area contributed by atoms with Crippen LogP contribution in [0.1, 0.15) is 78.0 Å². The average molecular weight is 1230 g/mol. The lowest BCUT2D eigenvalue weighted by atomic mass is 9.79. The maximum Gasteiger partial charge on any atom is 0.434 e. The molecule has 2 unspecified atom stereocenters. The second-order valence-corrected chi connectivity index (χ2v) is 17.9. The van der Waals surface area contributed by atoms with Gasteiger partial charge in [0, 0.05) is 71.1 Å². The zero-order valence-corrected chi connectivity index (χ0v) is 42.6. The lowest BCUT2D eigenvalue weighted by molar-refractivity contribution is -0.185. The molecule has 0 N–H and O–H groups in total. The standard InChI is InChI=1S/C20H17Cl3F6N4O.C20H16Cl3F6N3O.CH3I/c1-10(34)32(2)8-11-7-30-17(31-16(11)19(24,25)26)33-4-3-18(9-33,20(27,28)29)12-5-13(21)15(23)14(22)6-12;1-2-3-14(33)11-8-30-17(31-16(11)19(24,25)26)32-5-4-18(9-32,20(27,28)29)10-6-12(21)15(23)13(22)7-10;1-2/h5-7H,3-4,8-9H2,1-2H3;6-8H,2-5,9H2,1H3;1H3. The number of carbonyl (C=O) groups excluding carboxylic acids is 2. The van der Waals surface area contributed by atoms with Crippen molar-refractivity contribution in [3.05, 3.63) is 100 Å². The smallest absolute Gasteiger partial charge is 0.342 e. The molecule has 9 nitrogen and oxygen atoms in total. The van der Waals surface area contributed by atoms with Gasteiger partial charge < -0.3 is 14.7 Å². The molecule has 2 aromatic carbocycles. The minimum Gasteiger partial charge on any atom is -0.342 e. The summed E-state index contributed by atoms with van der Waals surface area (Å²) in [6, 6.07) is 4.19. The molecule has 4 heterocycles. The number of nitrogens with zero attached hydrogens (tertiary/aromatic N) is 7. The Kier molecular flexibility index (Phi) is 19.0. The van der Waals surface area contributed by atoms with Crippen molar-refractivity contribution in [1.82, 2.24) is 24.8 Å². The van der Waals surface area contributed by atoms with E-state index in [-0.39, 0.29) is 66.3 Å². The fourth-order valence-corrected chi connectivity index (χ4v) is 8.66. The van der Waals surface area contributed by atoms with Crippen LogP contribution in [0.5, 0.6) is 0 Å². The molecule has 0 saturated carbocycles. The predicted molar refractivity (Wildman–Crippen MR) is 247 cm³/mol. The number of hydrogen-bond acceptors (Lipinski definition) is 8. The van der Waals surface area contributed by atoms with E-state index in [2.05, 4.69) is 42.5 Å². The van der Waals surface area contributed by atoms with E-state index < -0.39 is 109 Å². The van der Waals surface area contributed by atoms with E-state index in [1.165, 1.54) is 14.0 Å². The second-order valence-electron chi connectivity index (χ2n) is 15.5. The molecule has 2 atom stereocenters. The van der Waals surface area contributed by atoms with Crippen molar-refractivity contribution < 1.29 is 62.3 Å². The van der Waals surface area contributed by atoms with Crippen LogP contribution in [0.4, 0.5) is 64.6 Å². The molecule has 0 bridgehead atoms. The van der Waals surface area contributed by atoms with E-state index in [1.54, 1.807) is 6.92 Å². The lowest BCUT2D eigenvalue weighted by Gasteiger charge is -2.33. The monoisotopic (exact) mass is 1220 g/mol. The van der Waals surface area contributed by atoms with Crippen LogP contribution < -0.4 is 9.80 Å². The Bertz CT molecular complexity index is 2490. The van der Waals surface area contributed by atoms with Crippen molar-refractivity contribution in [2.24, 2.45) is 0 Å². The topological polar surface area (TPSA) is 95.4 Å². The van der Waals surface area contributed by atoms with Crippen LogP contribution in [-0.4, -0.2) is 87.0 Å². The quantitative estimate of drug-likeness (QED) is 0.0538.